The molecule has 1 aliphatic rings. The molecule has 0 amide bonds. The lowest BCUT2D eigenvalue weighted by atomic mass is 10.00. The first-order valence-corrected chi connectivity index (χ1v) is 8.14. The third kappa shape index (κ3) is 3.39. The van der Waals surface area contributed by atoms with Gasteiger partial charge in [-0.1, -0.05) is 28.1 Å². The van der Waals surface area contributed by atoms with Crippen molar-refractivity contribution in [1.82, 2.24) is 10.2 Å². The van der Waals surface area contributed by atoms with Crippen LogP contribution in [0.5, 0.6) is 0 Å². The van der Waals surface area contributed by atoms with Crippen LogP contribution in [0.15, 0.2) is 45.3 Å². The molecular formula is C17H21BrN2O. The monoisotopic (exact) mass is 348 g/mol. The van der Waals surface area contributed by atoms with Gasteiger partial charge in [0.2, 0.25) is 0 Å². The molecule has 1 saturated heterocycles. The highest BCUT2D eigenvalue weighted by Gasteiger charge is 2.30. The molecule has 0 unspecified atom stereocenters. The average Bonchev–Trinajstić information content (AvgIpc) is 2.90. The SMILES string of the molecule is CC1(C)CNCCN1Cc1ccc(-c2ccc(Br)cc2)o1. The van der Waals surface area contributed by atoms with E-state index in [4.69, 9.17) is 4.42 Å². The van der Waals surface area contributed by atoms with Gasteiger partial charge in [-0.25, -0.2) is 0 Å². The number of benzene rings is 1. The summed E-state index contributed by atoms with van der Waals surface area (Å²) in [5.41, 5.74) is 1.28. The molecule has 4 heteroatoms. The normalized spacial score (nSPS) is 18.8. The van der Waals surface area contributed by atoms with E-state index in [1.165, 1.54) is 0 Å². The van der Waals surface area contributed by atoms with E-state index in [9.17, 15) is 0 Å². The van der Waals surface area contributed by atoms with Crippen LogP contribution >= 0.6 is 15.9 Å². The Morgan fingerprint density at radius 2 is 1.95 bits per heavy atom. The summed E-state index contributed by atoms with van der Waals surface area (Å²) in [6.45, 7) is 8.54. The summed E-state index contributed by atoms with van der Waals surface area (Å²) in [4.78, 5) is 2.48. The maximum atomic E-state index is 6.03. The molecule has 3 rings (SSSR count). The van der Waals surface area contributed by atoms with Crippen LogP contribution in [-0.2, 0) is 6.54 Å². The molecule has 21 heavy (non-hydrogen) atoms. The highest BCUT2D eigenvalue weighted by molar-refractivity contribution is 9.10. The van der Waals surface area contributed by atoms with Crippen LogP contribution in [0.4, 0.5) is 0 Å². The van der Waals surface area contributed by atoms with Crippen LogP contribution in [0, 0.1) is 0 Å². The van der Waals surface area contributed by atoms with E-state index in [-0.39, 0.29) is 5.54 Å². The molecule has 1 N–H and O–H groups in total. The summed E-state index contributed by atoms with van der Waals surface area (Å²) in [7, 11) is 0. The van der Waals surface area contributed by atoms with Crippen LogP contribution in [0.3, 0.4) is 0 Å². The summed E-state index contributed by atoms with van der Waals surface area (Å²) in [6.07, 6.45) is 0. The van der Waals surface area contributed by atoms with Crippen LogP contribution < -0.4 is 5.32 Å². The van der Waals surface area contributed by atoms with Crippen molar-refractivity contribution in [2.75, 3.05) is 19.6 Å². The summed E-state index contributed by atoms with van der Waals surface area (Å²) in [6, 6.07) is 12.4. The number of furan rings is 1. The third-order valence-corrected chi connectivity index (χ3v) is 4.64. The molecule has 3 nitrogen and oxygen atoms in total. The van der Waals surface area contributed by atoms with Gasteiger partial charge in [0, 0.05) is 35.2 Å². The lowest BCUT2D eigenvalue weighted by Crippen LogP contribution is -2.57. The van der Waals surface area contributed by atoms with Crippen LogP contribution in [0.2, 0.25) is 0 Å². The Kier molecular flexibility index (Phi) is 4.20. The summed E-state index contributed by atoms with van der Waals surface area (Å²) in [5.74, 6) is 1.97. The van der Waals surface area contributed by atoms with Crippen LogP contribution in [0.1, 0.15) is 19.6 Å². The van der Waals surface area contributed by atoms with Gasteiger partial charge in [-0.05, 0) is 38.1 Å². The number of hydrogen-bond donors (Lipinski definition) is 1. The molecule has 2 aromatic rings. The first-order chi connectivity index (χ1) is 10.0. The summed E-state index contributed by atoms with van der Waals surface area (Å²) < 4.78 is 7.11. The molecule has 0 bridgehead atoms. The number of nitrogens with one attached hydrogen (secondary N) is 1. The van der Waals surface area contributed by atoms with Crippen molar-refractivity contribution in [3.8, 4) is 11.3 Å². The highest BCUT2D eigenvalue weighted by atomic mass is 79.9. The lowest BCUT2D eigenvalue weighted by Gasteiger charge is -2.42. The number of hydrogen-bond acceptors (Lipinski definition) is 3. The fourth-order valence-electron chi connectivity index (χ4n) is 2.74. The molecular weight excluding hydrogens is 328 g/mol. The first kappa shape index (κ1) is 14.8. The Labute approximate surface area is 134 Å². The molecule has 0 saturated carbocycles. The predicted octanol–water partition coefficient (Wildman–Crippen LogP) is 3.89. The van der Waals surface area contributed by atoms with E-state index in [0.717, 1.165) is 47.7 Å². The van der Waals surface area contributed by atoms with Gasteiger partial charge in [-0.15, -0.1) is 0 Å². The molecule has 0 atom stereocenters. The van der Waals surface area contributed by atoms with E-state index in [0.29, 0.717) is 0 Å². The number of piperazine rings is 1. The smallest absolute Gasteiger partial charge is 0.134 e. The fourth-order valence-corrected chi connectivity index (χ4v) is 3.00. The zero-order chi connectivity index (χ0) is 14.9. The minimum absolute atomic E-state index is 0.169. The van der Waals surface area contributed by atoms with Gasteiger partial charge in [0.1, 0.15) is 11.5 Å². The van der Waals surface area contributed by atoms with E-state index < -0.39 is 0 Å². The maximum Gasteiger partial charge on any atom is 0.134 e. The van der Waals surface area contributed by atoms with E-state index >= 15 is 0 Å². The van der Waals surface area contributed by atoms with Gasteiger partial charge in [-0.3, -0.25) is 4.90 Å². The van der Waals surface area contributed by atoms with Crippen molar-refractivity contribution in [2.45, 2.75) is 25.9 Å². The van der Waals surface area contributed by atoms with Gasteiger partial charge in [0.05, 0.1) is 6.54 Å². The molecule has 1 fully saturated rings. The topological polar surface area (TPSA) is 28.4 Å². The molecule has 1 aromatic carbocycles. The fraction of sp³-hybridized carbons (Fsp3) is 0.412. The standard InChI is InChI=1S/C17H21BrN2O/c1-17(2)12-19-9-10-20(17)11-15-7-8-16(21-15)13-3-5-14(18)6-4-13/h3-8,19H,9-12H2,1-2H3. The number of rotatable bonds is 3. The lowest BCUT2D eigenvalue weighted by molar-refractivity contribution is 0.0756. The number of nitrogens with zero attached hydrogens (tertiary/aromatic N) is 1. The van der Waals surface area contributed by atoms with Crippen molar-refractivity contribution >= 4 is 15.9 Å². The van der Waals surface area contributed by atoms with Crippen molar-refractivity contribution in [3.63, 3.8) is 0 Å². The second kappa shape index (κ2) is 5.95. The van der Waals surface area contributed by atoms with Crippen molar-refractivity contribution < 1.29 is 4.42 Å². The minimum Gasteiger partial charge on any atom is -0.460 e. The molecule has 0 aliphatic carbocycles. The van der Waals surface area contributed by atoms with Crippen molar-refractivity contribution in [3.05, 3.63) is 46.6 Å². The Bertz CT molecular complexity index is 604. The van der Waals surface area contributed by atoms with Gasteiger partial charge in [0.25, 0.3) is 0 Å². The average molecular weight is 349 g/mol. The summed E-state index contributed by atoms with van der Waals surface area (Å²) in [5, 5.41) is 3.45. The van der Waals surface area contributed by atoms with Crippen molar-refractivity contribution in [1.29, 1.82) is 0 Å². The Hall–Kier alpha value is -1.10. The Morgan fingerprint density at radius 3 is 2.67 bits per heavy atom. The molecule has 112 valence electrons. The van der Waals surface area contributed by atoms with Gasteiger partial charge >= 0.3 is 0 Å². The van der Waals surface area contributed by atoms with E-state index in [1.807, 2.05) is 12.1 Å². The second-order valence-electron chi connectivity index (χ2n) is 6.18. The van der Waals surface area contributed by atoms with E-state index in [1.54, 1.807) is 0 Å². The Balaban J connectivity index is 1.74. The predicted molar refractivity (Wildman–Crippen MR) is 89.2 cm³/mol. The largest absolute Gasteiger partial charge is 0.460 e. The minimum atomic E-state index is 0.169. The van der Waals surface area contributed by atoms with Crippen LogP contribution in [-0.4, -0.2) is 30.1 Å². The number of halogens is 1. The van der Waals surface area contributed by atoms with Gasteiger partial charge in [-0.2, -0.15) is 0 Å². The Morgan fingerprint density at radius 1 is 1.19 bits per heavy atom. The molecule has 0 spiro atoms. The molecule has 1 aliphatic heterocycles. The second-order valence-corrected chi connectivity index (χ2v) is 7.10. The molecule has 1 aromatic heterocycles. The molecule has 2 heterocycles. The zero-order valence-corrected chi connectivity index (χ0v) is 14.1. The maximum absolute atomic E-state index is 6.03. The van der Waals surface area contributed by atoms with Crippen molar-refractivity contribution in [2.24, 2.45) is 0 Å². The highest BCUT2D eigenvalue weighted by Crippen LogP contribution is 2.26. The summed E-state index contributed by atoms with van der Waals surface area (Å²) >= 11 is 3.46. The van der Waals surface area contributed by atoms with E-state index in [2.05, 4.69) is 64.3 Å². The zero-order valence-electron chi connectivity index (χ0n) is 12.5. The molecule has 0 radical (unpaired) electrons. The third-order valence-electron chi connectivity index (χ3n) is 4.11. The van der Waals surface area contributed by atoms with Gasteiger partial charge < -0.3 is 9.73 Å². The van der Waals surface area contributed by atoms with Crippen LogP contribution in [0.25, 0.3) is 11.3 Å². The van der Waals surface area contributed by atoms with Gasteiger partial charge in [0.15, 0.2) is 0 Å². The first-order valence-electron chi connectivity index (χ1n) is 7.35. The quantitative estimate of drug-likeness (QED) is 0.911.